The SMILES string of the molecule is CCC(N)CCC(C)C1CCC(C(CC)CCC2CCCC2)CC1. The lowest BCUT2D eigenvalue weighted by Gasteiger charge is -2.36. The average Bonchev–Trinajstić information content (AvgIpc) is 3.14. The van der Waals surface area contributed by atoms with Crippen LogP contribution in [0.5, 0.6) is 0 Å². The summed E-state index contributed by atoms with van der Waals surface area (Å²) >= 11 is 0. The van der Waals surface area contributed by atoms with Crippen LogP contribution < -0.4 is 5.73 Å². The van der Waals surface area contributed by atoms with Gasteiger partial charge in [0.2, 0.25) is 0 Å². The van der Waals surface area contributed by atoms with Crippen molar-refractivity contribution < 1.29 is 0 Å². The largest absolute Gasteiger partial charge is 0.328 e. The van der Waals surface area contributed by atoms with Gasteiger partial charge in [0.05, 0.1) is 0 Å². The van der Waals surface area contributed by atoms with E-state index >= 15 is 0 Å². The van der Waals surface area contributed by atoms with E-state index in [1.54, 1.807) is 0 Å². The van der Waals surface area contributed by atoms with Crippen molar-refractivity contribution in [3.05, 3.63) is 0 Å². The maximum Gasteiger partial charge on any atom is 0.00363 e. The molecule has 0 aromatic heterocycles. The molecule has 2 rings (SSSR count). The lowest BCUT2D eigenvalue weighted by Crippen LogP contribution is -2.26. The predicted octanol–water partition coefficient (Wildman–Crippen LogP) is 6.94. The van der Waals surface area contributed by atoms with Crippen LogP contribution in [0, 0.1) is 29.6 Å². The summed E-state index contributed by atoms with van der Waals surface area (Å²) in [5.41, 5.74) is 6.12. The Hall–Kier alpha value is -0.0400. The lowest BCUT2D eigenvalue weighted by molar-refractivity contribution is 0.150. The molecular formula is C23H45N. The van der Waals surface area contributed by atoms with E-state index in [0.29, 0.717) is 6.04 Å². The standard InChI is InChI=1S/C23H45N/c1-4-20(12-11-19-8-6-7-9-19)22-15-13-21(14-16-22)18(3)10-17-23(24)5-2/h18-23H,4-17,24H2,1-3H3. The topological polar surface area (TPSA) is 26.0 Å². The van der Waals surface area contributed by atoms with E-state index in [4.69, 9.17) is 5.73 Å². The van der Waals surface area contributed by atoms with Crippen molar-refractivity contribution >= 4 is 0 Å². The van der Waals surface area contributed by atoms with Crippen molar-refractivity contribution in [1.29, 1.82) is 0 Å². The molecule has 3 unspecified atom stereocenters. The number of rotatable bonds is 10. The first kappa shape index (κ1) is 20.3. The summed E-state index contributed by atoms with van der Waals surface area (Å²) in [7, 11) is 0. The molecule has 0 amide bonds. The van der Waals surface area contributed by atoms with E-state index in [9.17, 15) is 0 Å². The van der Waals surface area contributed by atoms with Crippen LogP contribution in [-0.2, 0) is 0 Å². The van der Waals surface area contributed by atoms with Crippen LogP contribution in [0.15, 0.2) is 0 Å². The zero-order valence-electron chi connectivity index (χ0n) is 16.9. The molecule has 24 heavy (non-hydrogen) atoms. The normalized spacial score (nSPS) is 29.5. The third kappa shape index (κ3) is 6.36. The maximum atomic E-state index is 6.12. The van der Waals surface area contributed by atoms with Gasteiger partial charge < -0.3 is 5.73 Å². The smallest absolute Gasteiger partial charge is 0.00363 e. The summed E-state index contributed by atoms with van der Waals surface area (Å²) < 4.78 is 0. The van der Waals surface area contributed by atoms with Gasteiger partial charge in [-0.05, 0) is 81.0 Å². The van der Waals surface area contributed by atoms with Crippen molar-refractivity contribution in [1.82, 2.24) is 0 Å². The van der Waals surface area contributed by atoms with Crippen molar-refractivity contribution in [2.24, 2.45) is 35.3 Å². The molecule has 0 radical (unpaired) electrons. The molecule has 0 aromatic rings. The molecule has 2 N–H and O–H groups in total. The molecule has 0 bridgehead atoms. The number of hydrogen-bond donors (Lipinski definition) is 1. The molecule has 2 aliphatic rings. The van der Waals surface area contributed by atoms with Crippen LogP contribution in [0.25, 0.3) is 0 Å². The van der Waals surface area contributed by atoms with E-state index in [-0.39, 0.29) is 0 Å². The highest BCUT2D eigenvalue weighted by Crippen LogP contribution is 2.41. The summed E-state index contributed by atoms with van der Waals surface area (Å²) in [4.78, 5) is 0. The molecule has 1 nitrogen and oxygen atoms in total. The van der Waals surface area contributed by atoms with Gasteiger partial charge in [0, 0.05) is 6.04 Å². The molecule has 0 saturated heterocycles. The molecule has 3 atom stereocenters. The predicted molar refractivity (Wildman–Crippen MR) is 107 cm³/mol. The molecule has 0 aliphatic heterocycles. The van der Waals surface area contributed by atoms with Crippen molar-refractivity contribution in [3.8, 4) is 0 Å². The average molecular weight is 336 g/mol. The van der Waals surface area contributed by atoms with Gasteiger partial charge in [-0.1, -0.05) is 59.3 Å². The summed E-state index contributed by atoms with van der Waals surface area (Å²) in [5.74, 6) is 5.02. The molecule has 2 aliphatic carbocycles. The first-order valence-electron chi connectivity index (χ1n) is 11.4. The monoisotopic (exact) mass is 335 g/mol. The minimum atomic E-state index is 0.434. The van der Waals surface area contributed by atoms with Gasteiger partial charge >= 0.3 is 0 Å². The molecule has 1 heteroatoms. The molecule has 0 heterocycles. The minimum absolute atomic E-state index is 0.434. The molecule has 142 valence electrons. The Labute approximate surface area is 152 Å². The van der Waals surface area contributed by atoms with Gasteiger partial charge in [0.25, 0.3) is 0 Å². The van der Waals surface area contributed by atoms with Crippen LogP contribution in [0.4, 0.5) is 0 Å². The fourth-order valence-corrected chi connectivity index (χ4v) is 5.62. The van der Waals surface area contributed by atoms with Crippen LogP contribution in [-0.4, -0.2) is 6.04 Å². The first-order valence-corrected chi connectivity index (χ1v) is 11.4. The van der Waals surface area contributed by atoms with Gasteiger partial charge in [-0.3, -0.25) is 0 Å². The van der Waals surface area contributed by atoms with E-state index in [2.05, 4.69) is 20.8 Å². The van der Waals surface area contributed by atoms with Crippen LogP contribution >= 0.6 is 0 Å². The Morgan fingerprint density at radius 2 is 1.42 bits per heavy atom. The summed E-state index contributed by atoms with van der Waals surface area (Å²) in [6.45, 7) is 7.15. The fraction of sp³-hybridized carbons (Fsp3) is 1.00. The zero-order valence-corrected chi connectivity index (χ0v) is 16.9. The molecule has 0 aromatic carbocycles. The third-order valence-electron chi connectivity index (χ3n) is 7.75. The van der Waals surface area contributed by atoms with Crippen molar-refractivity contribution in [2.45, 2.75) is 117 Å². The van der Waals surface area contributed by atoms with Gasteiger partial charge in [0.1, 0.15) is 0 Å². The lowest BCUT2D eigenvalue weighted by atomic mass is 9.69. The Kier molecular flexibility index (Phi) is 9.16. The van der Waals surface area contributed by atoms with E-state index in [1.165, 1.54) is 83.5 Å². The van der Waals surface area contributed by atoms with Crippen LogP contribution in [0.1, 0.15) is 111 Å². The van der Waals surface area contributed by atoms with Crippen LogP contribution in [0.3, 0.4) is 0 Å². The van der Waals surface area contributed by atoms with E-state index in [0.717, 1.165) is 36.0 Å². The summed E-state index contributed by atoms with van der Waals surface area (Å²) in [6, 6.07) is 0.434. The second-order valence-corrected chi connectivity index (χ2v) is 9.29. The highest BCUT2D eigenvalue weighted by molar-refractivity contribution is 4.81. The van der Waals surface area contributed by atoms with E-state index in [1.807, 2.05) is 0 Å². The third-order valence-corrected chi connectivity index (χ3v) is 7.75. The Bertz CT molecular complexity index is 312. The Balaban J connectivity index is 1.67. The minimum Gasteiger partial charge on any atom is -0.328 e. The Morgan fingerprint density at radius 3 is 2.00 bits per heavy atom. The van der Waals surface area contributed by atoms with Crippen LogP contribution in [0.2, 0.25) is 0 Å². The van der Waals surface area contributed by atoms with E-state index < -0.39 is 0 Å². The summed E-state index contributed by atoms with van der Waals surface area (Å²) in [5, 5.41) is 0. The maximum absolute atomic E-state index is 6.12. The second-order valence-electron chi connectivity index (χ2n) is 9.29. The van der Waals surface area contributed by atoms with Gasteiger partial charge in [-0.2, -0.15) is 0 Å². The van der Waals surface area contributed by atoms with Gasteiger partial charge in [-0.25, -0.2) is 0 Å². The highest BCUT2D eigenvalue weighted by atomic mass is 14.6. The summed E-state index contributed by atoms with van der Waals surface area (Å²) in [6.07, 6.45) is 20.3. The van der Waals surface area contributed by atoms with Crippen molar-refractivity contribution in [2.75, 3.05) is 0 Å². The molecule has 2 saturated carbocycles. The number of nitrogens with two attached hydrogens (primary N) is 1. The van der Waals surface area contributed by atoms with Gasteiger partial charge in [0.15, 0.2) is 0 Å². The zero-order chi connectivity index (χ0) is 17.4. The fourth-order valence-electron chi connectivity index (χ4n) is 5.62. The Morgan fingerprint density at radius 1 is 0.792 bits per heavy atom. The molecular weight excluding hydrogens is 290 g/mol. The number of hydrogen-bond acceptors (Lipinski definition) is 1. The van der Waals surface area contributed by atoms with Gasteiger partial charge in [-0.15, -0.1) is 0 Å². The first-order chi connectivity index (χ1) is 11.6. The van der Waals surface area contributed by atoms with Crippen molar-refractivity contribution in [3.63, 3.8) is 0 Å². The molecule has 0 spiro atoms. The quantitative estimate of drug-likeness (QED) is 0.459. The highest BCUT2D eigenvalue weighted by Gasteiger charge is 2.29. The second kappa shape index (κ2) is 10.8. The molecule has 2 fully saturated rings.